The van der Waals surface area contributed by atoms with E-state index >= 15 is 0 Å². The van der Waals surface area contributed by atoms with E-state index in [1.807, 2.05) is 4.57 Å². The van der Waals surface area contributed by atoms with Crippen LogP contribution >= 0.6 is 0 Å². The molecule has 4 nitrogen and oxygen atoms in total. The van der Waals surface area contributed by atoms with E-state index in [4.69, 9.17) is 0 Å². The predicted octanol–water partition coefficient (Wildman–Crippen LogP) is 3.45. The number of piperidine rings is 1. The van der Waals surface area contributed by atoms with Crippen molar-refractivity contribution in [2.45, 2.75) is 18.9 Å². The van der Waals surface area contributed by atoms with Gasteiger partial charge in [-0.15, -0.1) is 4.91 Å². The first-order valence-electron chi connectivity index (χ1n) is 6.51. The Morgan fingerprint density at radius 2 is 2.05 bits per heavy atom. The molecule has 2 heterocycles. The first-order chi connectivity index (χ1) is 9.19. The fourth-order valence-electron chi connectivity index (χ4n) is 2.83. The van der Waals surface area contributed by atoms with Gasteiger partial charge >= 0.3 is 0 Å². The van der Waals surface area contributed by atoms with Gasteiger partial charge < -0.3 is 9.47 Å². The highest BCUT2D eigenvalue weighted by Crippen LogP contribution is 2.31. The van der Waals surface area contributed by atoms with Crippen molar-refractivity contribution in [1.29, 1.82) is 0 Å². The summed E-state index contributed by atoms with van der Waals surface area (Å²) >= 11 is 0. The summed E-state index contributed by atoms with van der Waals surface area (Å²) in [5, 5.41) is 3.50. The molecule has 0 spiro atoms. The highest BCUT2D eigenvalue weighted by molar-refractivity contribution is 5.83. The average molecular weight is 261 g/mol. The zero-order chi connectivity index (χ0) is 13.4. The summed E-state index contributed by atoms with van der Waals surface area (Å²) in [6, 6.07) is 5.15. The zero-order valence-corrected chi connectivity index (χ0v) is 10.8. The van der Waals surface area contributed by atoms with E-state index < -0.39 is 0 Å². The van der Waals surface area contributed by atoms with Crippen molar-refractivity contribution in [3.8, 4) is 0 Å². The molecule has 1 fully saturated rings. The average Bonchev–Trinajstić information content (AvgIpc) is 2.76. The molecule has 0 aliphatic carbocycles. The van der Waals surface area contributed by atoms with Crippen molar-refractivity contribution in [3.05, 3.63) is 35.1 Å². The molecule has 1 aromatic carbocycles. The molecule has 0 N–H and O–H groups in total. The molecule has 0 saturated carbocycles. The van der Waals surface area contributed by atoms with Crippen molar-refractivity contribution in [3.63, 3.8) is 0 Å². The topological polar surface area (TPSA) is 37.6 Å². The standard InChI is InChI=1S/C14H16FN3O/c1-17-6-4-11(5-7-17)18-9-13(15)12-3-2-10(16-19)8-14(12)18/h2-3,8-9,11H,4-7H2,1H3. The third-order valence-electron chi connectivity index (χ3n) is 3.96. The number of nitrogens with zero attached hydrogens (tertiary/aromatic N) is 3. The quantitative estimate of drug-likeness (QED) is 0.776. The Labute approximate surface area is 110 Å². The summed E-state index contributed by atoms with van der Waals surface area (Å²) in [7, 11) is 2.10. The monoisotopic (exact) mass is 261 g/mol. The van der Waals surface area contributed by atoms with Crippen molar-refractivity contribution in [1.82, 2.24) is 9.47 Å². The van der Waals surface area contributed by atoms with Crippen LogP contribution in [0.1, 0.15) is 18.9 Å². The van der Waals surface area contributed by atoms with E-state index in [0.717, 1.165) is 31.4 Å². The first-order valence-corrected chi connectivity index (χ1v) is 6.51. The van der Waals surface area contributed by atoms with Crippen LogP contribution in [0, 0.1) is 10.7 Å². The summed E-state index contributed by atoms with van der Waals surface area (Å²) < 4.78 is 15.9. The van der Waals surface area contributed by atoms with Gasteiger partial charge in [-0.3, -0.25) is 0 Å². The number of halogens is 1. The minimum absolute atomic E-state index is 0.230. The van der Waals surface area contributed by atoms with Gasteiger partial charge in [0.2, 0.25) is 0 Å². The number of fused-ring (bicyclic) bond motifs is 1. The maximum Gasteiger partial charge on any atom is 0.148 e. The molecule has 0 bridgehead atoms. The fourth-order valence-corrected chi connectivity index (χ4v) is 2.83. The van der Waals surface area contributed by atoms with Crippen LogP contribution in [-0.4, -0.2) is 29.6 Å². The van der Waals surface area contributed by atoms with Crippen LogP contribution in [0.3, 0.4) is 0 Å². The number of rotatable bonds is 2. The zero-order valence-electron chi connectivity index (χ0n) is 10.8. The maximum absolute atomic E-state index is 13.9. The van der Waals surface area contributed by atoms with Gasteiger partial charge in [-0.25, -0.2) is 4.39 Å². The molecule has 1 aromatic heterocycles. The third-order valence-corrected chi connectivity index (χ3v) is 3.96. The molecule has 1 saturated heterocycles. The number of aromatic nitrogens is 1. The van der Waals surface area contributed by atoms with E-state index in [1.54, 1.807) is 24.4 Å². The second-order valence-corrected chi connectivity index (χ2v) is 5.21. The van der Waals surface area contributed by atoms with Gasteiger partial charge in [-0.2, -0.15) is 0 Å². The number of nitroso groups, excluding NO2 is 1. The van der Waals surface area contributed by atoms with Gasteiger partial charge in [0.25, 0.3) is 0 Å². The van der Waals surface area contributed by atoms with Crippen LogP contribution in [0.4, 0.5) is 10.1 Å². The van der Waals surface area contributed by atoms with Crippen molar-refractivity contribution in [2.75, 3.05) is 20.1 Å². The molecule has 0 atom stereocenters. The summed E-state index contributed by atoms with van der Waals surface area (Å²) in [4.78, 5) is 12.9. The second kappa shape index (κ2) is 4.74. The van der Waals surface area contributed by atoms with Gasteiger partial charge in [-0.1, -0.05) is 0 Å². The Morgan fingerprint density at radius 1 is 1.32 bits per heavy atom. The number of benzene rings is 1. The first kappa shape index (κ1) is 12.3. The van der Waals surface area contributed by atoms with E-state index in [0.29, 0.717) is 17.1 Å². The van der Waals surface area contributed by atoms with Gasteiger partial charge in [0, 0.05) is 17.6 Å². The Balaban J connectivity index is 2.05. The van der Waals surface area contributed by atoms with Crippen molar-refractivity contribution < 1.29 is 4.39 Å². The lowest BCUT2D eigenvalue weighted by Crippen LogP contribution is -2.31. The molecule has 1 aliphatic rings. The third kappa shape index (κ3) is 2.14. The summed E-state index contributed by atoms with van der Waals surface area (Å²) in [5.74, 6) is -0.230. The van der Waals surface area contributed by atoms with E-state index in [9.17, 15) is 9.30 Å². The largest absolute Gasteiger partial charge is 0.341 e. The minimum atomic E-state index is -0.230. The highest BCUT2D eigenvalue weighted by Gasteiger charge is 2.21. The predicted molar refractivity (Wildman–Crippen MR) is 73.1 cm³/mol. The Bertz CT molecular complexity index is 614. The van der Waals surface area contributed by atoms with Crippen LogP contribution in [0.2, 0.25) is 0 Å². The number of likely N-dealkylation sites (tertiary alicyclic amines) is 1. The Kier molecular flexibility index (Phi) is 3.06. The van der Waals surface area contributed by atoms with Crippen LogP contribution < -0.4 is 0 Å². The molecular formula is C14H16FN3O. The molecule has 0 unspecified atom stereocenters. The van der Waals surface area contributed by atoms with Crippen LogP contribution in [0.5, 0.6) is 0 Å². The second-order valence-electron chi connectivity index (χ2n) is 5.21. The van der Waals surface area contributed by atoms with Crippen LogP contribution in [0.25, 0.3) is 10.9 Å². The number of hydrogen-bond donors (Lipinski definition) is 0. The normalized spacial score (nSPS) is 18.0. The fraction of sp³-hybridized carbons (Fsp3) is 0.429. The smallest absolute Gasteiger partial charge is 0.148 e. The van der Waals surface area contributed by atoms with E-state index in [1.165, 1.54) is 0 Å². The lowest BCUT2D eigenvalue weighted by atomic mass is 10.1. The van der Waals surface area contributed by atoms with Gasteiger partial charge in [0.15, 0.2) is 0 Å². The summed E-state index contributed by atoms with van der Waals surface area (Å²) in [5.41, 5.74) is 1.11. The Morgan fingerprint density at radius 3 is 2.74 bits per heavy atom. The molecule has 19 heavy (non-hydrogen) atoms. The molecule has 0 radical (unpaired) electrons. The van der Waals surface area contributed by atoms with Gasteiger partial charge in [0.05, 0.1) is 5.52 Å². The van der Waals surface area contributed by atoms with Gasteiger partial charge in [-0.05, 0) is 56.4 Å². The Hall–Kier alpha value is -1.75. The minimum Gasteiger partial charge on any atom is -0.341 e. The highest BCUT2D eigenvalue weighted by atomic mass is 19.1. The SMILES string of the molecule is CN1CCC(n2cc(F)c3ccc(N=O)cc32)CC1. The number of hydrogen-bond acceptors (Lipinski definition) is 3. The molecule has 100 valence electrons. The molecule has 3 rings (SSSR count). The van der Waals surface area contributed by atoms with Crippen LogP contribution in [-0.2, 0) is 0 Å². The molecule has 5 heteroatoms. The van der Waals surface area contributed by atoms with Gasteiger partial charge in [0.1, 0.15) is 11.5 Å². The molecule has 2 aromatic rings. The van der Waals surface area contributed by atoms with Crippen molar-refractivity contribution >= 4 is 16.6 Å². The molecular weight excluding hydrogens is 245 g/mol. The van der Waals surface area contributed by atoms with Crippen molar-refractivity contribution in [2.24, 2.45) is 5.18 Å². The van der Waals surface area contributed by atoms with E-state index in [2.05, 4.69) is 17.1 Å². The molecule has 1 aliphatic heterocycles. The summed E-state index contributed by atoms with van der Waals surface area (Å²) in [6.07, 6.45) is 3.55. The lowest BCUT2D eigenvalue weighted by molar-refractivity contribution is 0.223. The van der Waals surface area contributed by atoms with Crippen LogP contribution in [0.15, 0.2) is 29.6 Å². The van der Waals surface area contributed by atoms with E-state index in [-0.39, 0.29) is 5.82 Å². The summed E-state index contributed by atoms with van der Waals surface area (Å²) in [6.45, 7) is 2.02. The lowest BCUT2D eigenvalue weighted by Gasteiger charge is -2.30. The molecule has 0 amide bonds. The maximum atomic E-state index is 13.9.